The van der Waals surface area contributed by atoms with Gasteiger partial charge in [0.1, 0.15) is 0 Å². The molecule has 3 rings (SSSR count). The number of halogens is 2. The van der Waals surface area contributed by atoms with Gasteiger partial charge in [-0.3, -0.25) is 15.0 Å². The van der Waals surface area contributed by atoms with Crippen molar-refractivity contribution in [3.63, 3.8) is 0 Å². The highest BCUT2D eigenvalue weighted by atomic mass is 35.5. The molecule has 0 aliphatic carbocycles. The van der Waals surface area contributed by atoms with Gasteiger partial charge in [-0.15, -0.1) is 36.6 Å². The second kappa shape index (κ2) is 8.93. The zero-order valence-corrected chi connectivity index (χ0v) is 14.8. The third kappa shape index (κ3) is 4.73. The summed E-state index contributed by atoms with van der Waals surface area (Å²) in [5, 5.41) is 7.14. The van der Waals surface area contributed by atoms with E-state index in [9.17, 15) is 4.79 Å². The zero-order valence-electron chi connectivity index (χ0n) is 12.4. The maximum absolute atomic E-state index is 12.3. The van der Waals surface area contributed by atoms with Crippen molar-refractivity contribution < 1.29 is 9.32 Å². The number of thioether (sulfide) groups is 1. The van der Waals surface area contributed by atoms with Crippen molar-refractivity contribution in [3.05, 3.63) is 11.7 Å². The van der Waals surface area contributed by atoms with Gasteiger partial charge in [0, 0.05) is 44.7 Å². The molecule has 2 aliphatic rings. The van der Waals surface area contributed by atoms with Crippen LogP contribution >= 0.6 is 36.6 Å². The number of aryl methyl sites for hydroxylation is 1. The molecule has 1 N–H and O–H groups in total. The van der Waals surface area contributed by atoms with Gasteiger partial charge in [0.05, 0.1) is 12.6 Å². The molecule has 0 spiro atoms. The lowest BCUT2D eigenvalue weighted by Gasteiger charge is -2.35. The van der Waals surface area contributed by atoms with Gasteiger partial charge in [0.15, 0.2) is 5.82 Å². The normalized spacial score (nSPS) is 22.0. The Bertz CT molecular complexity index is 476. The second-order valence-electron chi connectivity index (χ2n) is 5.10. The molecular formula is C12H21Cl2N5O2S. The van der Waals surface area contributed by atoms with Crippen LogP contribution in [0, 0.1) is 6.92 Å². The third-order valence-electron chi connectivity index (χ3n) is 3.63. The Morgan fingerprint density at radius 2 is 2.09 bits per heavy atom. The number of amides is 1. The van der Waals surface area contributed by atoms with Gasteiger partial charge in [-0.05, 0) is 0 Å². The summed E-state index contributed by atoms with van der Waals surface area (Å²) in [5.41, 5.74) is 0. The fourth-order valence-corrected chi connectivity index (χ4v) is 3.44. The van der Waals surface area contributed by atoms with Crippen LogP contribution in [0.3, 0.4) is 0 Å². The number of hydrogen-bond acceptors (Lipinski definition) is 7. The SMILES string of the molecule is Cc1nc(CN2CCN(C(=O)C3CSCN3)CC2)no1.Cl.Cl. The number of carbonyl (C=O) groups excluding carboxylic acids is 1. The third-order valence-corrected chi connectivity index (χ3v) is 4.57. The number of carbonyl (C=O) groups is 1. The molecule has 2 aliphatic heterocycles. The van der Waals surface area contributed by atoms with E-state index in [0.717, 1.165) is 43.6 Å². The summed E-state index contributed by atoms with van der Waals surface area (Å²) >= 11 is 1.78. The highest BCUT2D eigenvalue weighted by Gasteiger charge is 2.29. The number of nitrogens with one attached hydrogen (secondary N) is 1. The molecule has 2 saturated heterocycles. The first kappa shape index (κ1) is 19.5. The molecule has 0 bridgehead atoms. The first-order valence-electron chi connectivity index (χ1n) is 6.84. The number of piperazine rings is 1. The Hall–Kier alpha value is -0.540. The average Bonchev–Trinajstić information content (AvgIpc) is 3.11. The largest absolute Gasteiger partial charge is 0.340 e. The maximum Gasteiger partial charge on any atom is 0.240 e. The lowest BCUT2D eigenvalue weighted by molar-refractivity contribution is -0.134. The van der Waals surface area contributed by atoms with E-state index in [-0.39, 0.29) is 36.8 Å². The number of aromatic nitrogens is 2. The fourth-order valence-electron chi connectivity index (χ4n) is 2.51. The predicted octanol–water partition coefficient (Wildman–Crippen LogP) is 0.528. The van der Waals surface area contributed by atoms with Crippen molar-refractivity contribution in [2.75, 3.05) is 37.8 Å². The van der Waals surface area contributed by atoms with Gasteiger partial charge in [0.2, 0.25) is 11.8 Å². The van der Waals surface area contributed by atoms with E-state index >= 15 is 0 Å². The average molecular weight is 370 g/mol. The van der Waals surface area contributed by atoms with E-state index in [1.165, 1.54) is 0 Å². The summed E-state index contributed by atoms with van der Waals surface area (Å²) in [4.78, 5) is 20.7. The number of nitrogens with zero attached hydrogens (tertiary/aromatic N) is 4. The van der Waals surface area contributed by atoms with Crippen molar-refractivity contribution in [1.82, 2.24) is 25.3 Å². The van der Waals surface area contributed by atoms with Crippen LogP contribution < -0.4 is 5.32 Å². The summed E-state index contributed by atoms with van der Waals surface area (Å²) in [5.74, 6) is 3.33. The van der Waals surface area contributed by atoms with Crippen molar-refractivity contribution >= 4 is 42.5 Å². The van der Waals surface area contributed by atoms with E-state index in [2.05, 4.69) is 20.4 Å². The molecule has 0 aromatic carbocycles. The lowest BCUT2D eigenvalue weighted by atomic mass is 10.2. The van der Waals surface area contributed by atoms with Gasteiger partial charge in [0.25, 0.3) is 0 Å². The van der Waals surface area contributed by atoms with Crippen LogP contribution in [0.2, 0.25) is 0 Å². The van der Waals surface area contributed by atoms with Crippen molar-refractivity contribution in [1.29, 1.82) is 0 Å². The summed E-state index contributed by atoms with van der Waals surface area (Å²) in [6.07, 6.45) is 0. The molecule has 7 nitrogen and oxygen atoms in total. The van der Waals surface area contributed by atoms with Crippen LogP contribution in [0.5, 0.6) is 0 Å². The Kier molecular flexibility index (Phi) is 7.92. The Balaban J connectivity index is 0.00000121. The molecule has 10 heteroatoms. The lowest BCUT2D eigenvalue weighted by Crippen LogP contribution is -2.53. The van der Waals surface area contributed by atoms with Crippen LogP contribution in [-0.4, -0.2) is 69.7 Å². The number of hydrogen-bond donors (Lipinski definition) is 1. The molecule has 0 saturated carbocycles. The summed E-state index contributed by atoms with van der Waals surface area (Å²) in [7, 11) is 0. The van der Waals surface area contributed by atoms with Crippen LogP contribution in [-0.2, 0) is 11.3 Å². The van der Waals surface area contributed by atoms with Crippen LogP contribution in [0.15, 0.2) is 4.52 Å². The van der Waals surface area contributed by atoms with Gasteiger partial charge in [-0.1, -0.05) is 5.16 Å². The highest BCUT2D eigenvalue weighted by Crippen LogP contribution is 2.14. The quantitative estimate of drug-likeness (QED) is 0.832. The minimum Gasteiger partial charge on any atom is -0.340 e. The summed E-state index contributed by atoms with van der Waals surface area (Å²) < 4.78 is 4.97. The molecule has 126 valence electrons. The van der Waals surface area contributed by atoms with Crippen molar-refractivity contribution in [3.8, 4) is 0 Å². The molecule has 22 heavy (non-hydrogen) atoms. The van der Waals surface area contributed by atoms with Gasteiger partial charge in [-0.2, -0.15) is 4.98 Å². The molecule has 2 fully saturated rings. The molecule has 0 radical (unpaired) electrons. The monoisotopic (exact) mass is 369 g/mol. The summed E-state index contributed by atoms with van der Waals surface area (Å²) in [6.45, 7) is 5.76. The van der Waals surface area contributed by atoms with E-state index < -0.39 is 0 Å². The first-order chi connectivity index (χ1) is 9.72. The highest BCUT2D eigenvalue weighted by molar-refractivity contribution is 7.99. The topological polar surface area (TPSA) is 74.5 Å². The molecule has 1 amide bonds. The zero-order chi connectivity index (χ0) is 13.9. The maximum atomic E-state index is 12.3. The van der Waals surface area contributed by atoms with Crippen LogP contribution in [0.25, 0.3) is 0 Å². The molecular weight excluding hydrogens is 349 g/mol. The van der Waals surface area contributed by atoms with E-state index in [1.54, 1.807) is 18.7 Å². The van der Waals surface area contributed by atoms with Gasteiger partial charge in [-0.25, -0.2) is 0 Å². The van der Waals surface area contributed by atoms with Crippen molar-refractivity contribution in [2.45, 2.75) is 19.5 Å². The molecule has 1 aromatic heterocycles. The van der Waals surface area contributed by atoms with E-state index in [0.29, 0.717) is 12.4 Å². The second-order valence-corrected chi connectivity index (χ2v) is 6.13. The predicted molar refractivity (Wildman–Crippen MR) is 89.6 cm³/mol. The van der Waals surface area contributed by atoms with Crippen LogP contribution in [0.1, 0.15) is 11.7 Å². The van der Waals surface area contributed by atoms with E-state index in [4.69, 9.17) is 4.52 Å². The van der Waals surface area contributed by atoms with Gasteiger partial charge < -0.3 is 9.42 Å². The van der Waals surface area contributed by atoms with Crippen molar-refractivity contribution in [2.24, 2.45) is 0 Å². The molecule has 1 atom stereocenters. The number of rotatable bonds is 3. The van der Waals surface area contributed by atoms with Gasteiger partial charge >= 0.3 is 0 Å². The Labute approximate surface area is 146 Å². The van der Waals surface area contributed by atoms with Crippen LogP contribution in [0.4, 0.5) is 0 Å². The van der Waals surface area contributed by atoms with E-state index in [1.807, 2.05) is 4.90 Å². The Morgan fingerprint density at radius 1 is 1.36 bits per heavy atom. The standard InChI is InChI=1S/C12H19N5O2S.2ClH/c1-9-14-11(15-19-9)6-16-2-4-17(5-3-16)12(18)10-7-20-8-13-10;;/h10,13H,2-8H2,1H3;2*1H. The summed E-state index contributed by atoms with van der Waals surface area (Å²) in [6, 6.07) is 0.00593. The molecule has 1 aromatic rings. The fraction of sp³-hybridized carbons (Fsp3) is 0.750. The molecule has 3 heterocycles. The smallest absolute Gasteiger partial charge is 0.240 e. The Morgan fingerprint density at radius 3 is 2.64 bits per heavy atom. The molecule has 1 unspecified atom stereocenters. The first-order valence-corrected chi connectivity index (χ1v) is 7.99. The minimum absolute atomic E-state index is 0. The minimum atomic E-state index is 0.